The minimum Gasteiger partial charge on any atom is -0.478 e. The van der Waals surface area contributed by atoms with Gasteiger partial charge in [0.05, 0.1) is 11.2 Å². The molecule has 6 unspecified atom stereocenters. The molecular weight excluding hydrogens is 484 g/mol. The van der Waals surface area contributed by atoms with Crippen LogP contribution in [-0.2, 0) is 28.6 Å². The van der Waals surface area contributed by atoms with Crippen molar-refractivity contribution < 1.29 is 33.7 Å². The first-order valence-electron chi connectivity index (χ1n) is 14.0. The maximum atomic E-state index is 12.4. The smallest absolute Gasteiger partial charge is 0.328 e. The van der Waals surface area contributed by atoms with Crippen molar-refractivity contribution in [3.05, 3.63) is 42.0 Å². The fraction of sp³-hybridized carbons (Fsp3) is 0.645. The summed E-state index contributed by atoms with van der Waals surface area (Å²) in [5, 5.41) is 8.29. The summed E-state index contributed by atoms with van der Waals surface area (Å²) in [6, 6.07) is 9.31. The van der Waals surface area contributed by atoms with Crippen molar-refractivity contribution in [2.45, 2.75) is 109 Å². The SMILES string of the molecule is CCCCCC(=O)OC1CC(C)C23CC(CCC2C1OC(C)=O)C(C)(C)O3.O=C(O)/C=C/c1ccccc1. The van der Waals surface area contributed by atoms with Gasteiger partial charge >= 0.3 is 17.9 Å². The molecule has 2 bridgehead atoms. The maximum Gasteiger partial charge on any atom is 0.328 e. The topological polar surface area (TPSA) is 99.1 Å². The fourth-order valence-corrected chi connectivity index (χ4v) is 6.54. The van der Waals surface area contributed by atoms with Gasteiger partial charge in [-0.3, -0.25) is 9.59 Å². The summed E-state index contributed by atoms with van der Waals surface area (Å²) in [6.45, 7) is 10.1. The number of carbonyl (C=O) groups excluding carboxylic acids is 2. The average molecular weight is 529 g/mol. The van der Waals surface area contributed by atoms with Crippen LogP contribution < -0.4 is 0 Å². The first kappa shape index (κ1) is 29.9. The molecule has 3 fully saturated rings. The third-order valence-corrected chi connectivity index (χ3v) is 8.43. The van der Waals surface area contributed by atoms with Crippen molar-refractivity contribution in [2.24, 2.45) is 17.8 Å². The summed E-state index contributed by atoms with van der Waals surface area (Å²) in [5.41, 5.74) is 0.486. The minimum absolute atomic E-state index is 0.0941. The molecule has 1 N–H and O–H groups in total. The van der Waals surface area contributed by atoms with Crippen molar-refractivity contribution in [3.8, 4) is 0 Å². The van der Waals surface area contributed by atoms with Gasteiger partial charge in [-0.2, -0.15) is 0 Å². The van der Waals surface area contributed by atoms with Crippen LogP contribution >= 0.6 is 0 Å². The molecule has 1 saturated heterocycles. The number of aliphatic carboxylic acids is 1. The molecule has 3 aliphatic rings. The molecule has 6 atom stereocenters. The highest BCUT2D eigenvalue weighted by Gasteiger charge is 2.65. The van der Waals surface area contributed by atoms with Gasteiger partial charge in [-0.1, -0.05) is 57.0 Å². The van der Waals surface area contributed by atoms with Gasteiger partial charge in [0.25, 0.3) is 0 Å². The van der Waals surface area contributed by atoms with E-state index in [1.807, 2.05) is 30.3 Å². The Morgan fingerprint density at radius 2 is 1.82 bits per heavy atom. The summed E-state index contributed by atoms with van der Waals surface area (Å²) in [7, 11) is 0. The molecule has 7 heteroatoms. The van der Waals surface area contributed by atoms with Crippen LogP contribution in [0.5, 0.6) is 0 Å². The predicted molar refractivity (Wildman–Crippen MR) is 145 cm³/mol. The number of esters is 2. The fourth-order valence-electron chi connectivity index (χ4n) is 6.54. The molecule has 0 aromatic heterocycles. The second-order valence-corrected chi connectivity index (χ2v) is 11.5. The number of carboxylic acid groups (broad SMARTS) is 1. The molecule has 7 nitrogen and oxygen atoms in total. The zero-order valence-corrected chi connectivity index (χ0v) is 23.5. The predicted octanol–water partition coefficient (Wildman–Crippen LogP) is 6.20. The van der Waals surface area contributed by atoms with E-state index in [0.717, 1.165) is 50.2 Å². The number of carboxylic acids is 1. The lowest BCUT2D eigenvalue weighted by atomic mass is 9.59. The van der Waals surface area contributed by atoms with Crippen LogP contribution in [0.4, 0.5) is 0 Å². The van der Waals surface area contributed by atoms with Crippen molar-refractivity contribution >= 4 is 24.0 Å². The Balaban J connectivity index is 0.000000304. The average Bonchev–Trinajstić information content (AvgIpc) is 3.07. The van der Waals surface area contributed by atoms with Gasteiger partial charge in [-0.15, -0.1) is 0 Å². The number of hydrogen-bond acceptors (Lipinski definition) is 6. The maximum absolute atomic E-state index is 12.4. The molecule has 210 valence electrons. The minimum atomic E-state index is -0.922. The lowest BCUT2D eigenvalue weighted by Crippen LogP contribution is -2.60. The Labute approximate surface area is 226 Å². The first-order valence-corrected chi connectivity index (χ1v) is 14.0. The highest BCUT2D eigenvalue weighted by atomic mass is 16.6. The van der Waals surface area contributed by atoms with E-state index in [0.29, 0.717) is 18.8 Å². The molecule has 1 aromatic carbocycles. The standard InChI is InChI=1S/C22H36O5.C9H8O2/c1-6-7-8-9-19(24)26-18-12-14(2)22-13-16(21(4,5)27-22)10-11-17(22)20(18)25-15(3)23;10-9(11)7-6-8-4-2-1-3-5-8/h14,16-18,20H,6-13H2,1-5H3;1-7H,(H,10,11)/b;7-6+. The lowest BCUT2D eigenvalue weighted by molar-refractivity contribution is -0.227. The van der Waals surface area contributed by atoms with E-state index < -0.39 is 12.1 Å². The van der Waals surface area contributed by atoms with Crippen molar-refractivity contribution in [3.63, 3.8) is 0 Å². The third kappa shape index (κ3) is 7.25. The summed E-state index contributed by atoms with van der Waals surface area (Å²) < 4.78 is 18.3. The number of ether oxygens (including phenoxy) is 3. The molecule has 1 spiro atoms. The van der Waals surface area contributed by atoms with E-state index in [1.54, 1.807) is 6.08 Å². The zero-order valence-electron chi connectivity index (χ0n) is 23.5. The van der Waals surface area contributed by atoms with Crippen LogP contribution in [0.25, 0.3) is 6.08 Å². The number of benzene rings is 1. The van der Waals surface area contributed by atoms with Crippen molar-refractivity contribution in [1.29, 1.82) is 0 Å². The van der Waals surface area contributed by atoms with Gasteiger partial charge in [0.2, 0.25) is 0 Å². The van der Waals surface area contributed by atoms with Crippen LogP contribution in [0, 0.1) is 17.8 Å². The molecule has 38 heavy (non-hydrogen) atoms. The van der Waals surface area contributed by atoms with Crippen molar-refractivity contribution in [1.82, 2.24) is 0 Å². The van der Waals surface area contributed by atoms with E-state index in [-0.39, 0.29) is 41.1 Å². The Hall–Kier alpha value is -2.67. The molecule has 0 amide bonds. The molecule has 2 saturated carbocycles. The van der Waals surface area contributed by atoms with E-state index in [1.165, 1.54) is 6.92 Å². The first-order chi connectivity index (χ1) is 18.0. The summed E-state index contributed by atoms with van der Waals surface area (Å²) >= 11 is 0. The third-order valence-electron chi connectivity index (χ3n) is 8.43. The quantitative estimate of drug-likeness (QED) is 0.244. The Morgan fingerprint density at radius 3 is 2.45 bits per heavy atom. The van der Waals surface area contributed by atoms with Gasteiger partial charge in [-0.25, -0.2) is 4.79 Å². The van der Waals surface area contributed by atoms with E-state index in [4.69, 9.17) is 19.3 Å². The van der Waals surface area contributed by atoms with Gasteiger partial charge in [0.1, 0.15) is 12.2 Å². The number of rotatable bonds is 8. The molecular formula is C31H44O7. The molecule has 1 aliphatic heterocycles. The Kier molecular flexibility index (Phi) is 10.2. The highest BCUT2D eigenvalue weighted by Crippen LogP contribution is 2.60. The van der Waals surface area contributed by atoms with Crippen LogP contribution in [0.1, 0.15) is 91.5 Å². The van der Waals surface area contributed by atoms with E-state index in [9.17, 15) is 14.4 Å². The van der Waals surface area contributed by atoms with Gasteiger partial charge in [0.15, 0.2) is 0 Å². The zero-order chi connectivity index (χ0) is 27.9. The van der Waals surface area contributed by atoms with Crippen molar-refractivity contribution in [2.75, 3.05) is 0 Å². The number of hydrogen-bond donors (Lipinski definition) is 1. The molecule has 1 heterocycles. The number of fused-ring (bicyclic) bond motifs is 1. The van der Waals surface area contributed by atoms with E-state index in [2.05, 4.69) is 27.7 Å². The van der Waals surface area contributed by atoms with Crippen LogP contribution in [0.2, 0.25) is 0 Å². The van der Waals surface area contributed by atoms with Gasteiger partial charge in [-0.05, 0) is 69.4 Å². The Morgan fingerprint density at radius 1 is 1.11 bits per heavy atom. The van der Waals surface area contributed by atoms with Crippen LogP contribution in [-0.4, -0.2) is 46.4 Å². The molecule has 4 rings (SSSR count). The second kappa shape index (κ2) is 12.9. The van der Waals surface area contributed by atoms with Crippen LogP contribution in [0.15, 0.2) is 36.4 Å². The van der Waals surface area contributed by atoms with Crippen LogP contribution in [0.3, 0.4) is 0 Å². The lowest BCUT2D eigenvalue weighted by Gasteiger charge is -2.52. The Bertz CT molecular complexity index is 985. The summed E-state index contributed by atoms with van der Waals surface area (Å²) in [4.78, 5) is 34.3. The monoisotopic (exact) mass is 528 g/mol. The van der Waals surface area contributed by atoms with E-state index >= 15 is 0 Å². The molecule has 0 radical (unpaired) electrons. The van der Waals surface area contributed by atoms with Gasteiger partial charge < -0.3 is 19.3 Å². The van der Waals surface area contributed by atoms with Gasteiger partial charge in [0, 0.05) is 25.3 Å². The highest BCUT2D eigenvalue weighted by molar-refractivity contribution is 5.85. The molecule has 1 aromatic rings. The largest absolute Gasteiger partial charge is 0.478 e. The second-order valence-electron chi connectivity index (χ2n) is 11.5. The summed E-state index contributed by atoms with van der Waals surface area (Å²) in [6.07, 6.45) is 9.04. The number of carbonyl (C=O) groups is 3. The molecule has 2 aliphatic carbocycles. The number of unbranched alkanes of at least 4 members (excludes halogenated alkanes) is 2. The normalized spacial score (nSPS) is 31.0. The summed E-state index contributed by atoms with van der Waals surface area (Å²) in [5.74, 6) is -0.494.